The Bertz CT molecular complexity index is 522. The summed E-state index contributed by atoms with van der Waals surface area (Å²) < 4.78 is 13.4. The van der Waals surface area contributed by atoms with Gasteiger partial charge in [0.05, 0.1) is 0 Å². The second-order valence-electron chi connectivity index (χ2n) is 5.13. The molecule has 0 saturated carbocycles. The topological polar surface area (TPSA) is 12.0 Å². The Morgan fingerprint density at radius 1 is 1.30 bits per heavy atom. The molecule has 1 heterocycles. The summed E-state index contributed by atoms with van der Waals surface area (Å²) in [5.74, 6) is -0.124. The molecule has 0 amide bonds. The molecule has 0 aliphatic rings. The second-order valence-corrected chi connectivity index (χ2v) is 6.17. The van der Waals surface area contributed by atoms with E-state index in [-0.39, 0.29) is 5.82 Å². The van der Waals surface area contributed by atoms with Gasteiger partial charge in [-0.1, -0.05) is 25.1 Å². The first-order valence-electron chi connectivity index (χ1n) is 7.22. The third-order valence-electron chi connectivity index (χ3n) is 3.48. The predicted molar refractivity (Wildman–Crippen MR) is 84.8 cm³/mol. The molecule has 1 aromatic carbocycles. The molecule has 0 radical (unpaired) electrons. The van der Waals surface area contributed by atoms with E-state index in [9.17, 15) is 4.39 Å². The van der Waals surface area contributed by atoms with Crippen LogP contribution in [0.25, 0.3) is 0 Å². The number of halogens is 1. The molecule has 2 rings (SSSR count). The van der Waals surface area contributed by atoms with Gasteiger partial charge in [0.2, 0.25) is 0 Å². The maximum absolute atomic E-state index is 13.4. The molecule has 20 heavy (non-hydrogen) atoms. The van der Waals surface area contributed by atoms with Gasteiger partial charge in [-0.25, -0.2) is 4.39 Å². The van der Waals surface area contributed by atoms with Gasteiger partial charge in [-0.2, -0.15) is 0 Å². The highest BCUT2D eigenvalue weighted by Crippen LogP contribution is 2.23. The number of hydrogen-bond donors (Lipinski definition) is 1. The fourth-order valence-electron chi connectivity index (χ4n) is 2.33. The Kier molecular flexibility index (Phi) is 5.74. The molecule has 0 saturated heterocycles. The average Bonchev–Trinajstić information content (AvgIpc) is 2.95. The summed E-state index contributed by atoms with van der Waals surface area (Å²) in [6, 6.07) is 10.0. The maximum atomic E-state index is 13.4. The number of rotatable bonds is 7. The zero-order valence-corrected chi connectivity index (χ0v) is 13.0. The zero-order valence-electron chi connectivity index (χ0n) is 12.2. The van der Waals surface area contributed by atoms with Crippen LogP contribution in [0.3, 0.4) is 0 Å². The van der Waals surface area contributed by atoms with Crippen molar-refractivity contribution in [2.24, 2.45) is 0 Å². The van der Waals surface area contributed by atoms with Gasteiger partial charge >= 0.3 is 0 Å². The number of benzene rings is 1. The number of thiophene rings is 1. The molecule has 0 aliphatic heterocycles. The SMILES string of the molecule is CCCNC(CCc1cccs1)c1ccc(F)c(C)c1. The van der Waals surface area contributed by atoms with Crippen molar-refractivity contribution in [2.75, 3.05) is 6.54 Å². The molecule has 0 fully saturated rings. The van der Waals surface area contributed by atoms with Crippen LogP contribution in [0.15, 0.2) is 35.7 Å². The van der Waals surface area contributed by atoms with E-state index in [1.807, 2.05) is 19.1 Å². The van der Waals surface area contributed by atoms with Crippen LogP contribution in [-0.2, 0) is 6.42 Å². The molecule has 3 heteroatoms. The van der Waals surface area contributed by atoms with Gasteiger partial charge < -0.3 is 5.32 Å². The first-order chi connectivity index (χ1) is 9.70. The third-order valence-corrected chi connectivity index (χ3v) is 4.42. The zero-order chi connectivity index (χ0) is 14.4. The summed E-state index contributed by atoms with van der Waals surface area (Å²) in [6.07, 6.45) is 3.22. The first-order valence-corrected chi connectivity index (χ1v) is 8.10. The fourth-order valence-corrected chi connectivity index (χ4v) is 3.06. The maximum Gasteiger partial charge on any atom is 0.126 e. The lowest BCUT2D eigenvalue weighted by atomic mass is 9.99. The normalized spacial score (nSPS) is 12.6. The van der Waals surface area contributed by atoms with Gasteiger partial charge in [-0.15, -0.1) is 11.3 Å². The monoisotopic (exact) mass is 291 g/mol. The van der Waals surface area contributed by atoms with Crippen molar-refractivity contribution in [3.8, 4) is 0 Å². The molecular weight excluding hydrogens is 269 g/mol. The summed E-state index contributed by atoms with van der Waals surface area (Å²) >= 11 is 1.80. The fraction of sp³-hybridized carbons (Fsp3) is 0.412. The van der Waals surface area contributed by atoms with E-state index in [0.29, 0.717) is 6.04 Å². The lowest BCUT2D eigenvalue weighted by molar-refractivity contribution is 0.499. The quantitative estimate of drug-likeness (QED) is 0.767. The van der Waals surface area contributed by atoms with Gasteiger partial charge in [-0.3, -0.25) is 0 Å². The van der Waals surface area contributed by atoms with Crippen LogP contribution in [0.1, 0.15) is 41.8 Å². The predicted octanol–water partition coefficient (Wildman–Crippen LogP) is 4.87. The molecular formula is C17H22FNS. The van der Waals surface area contributed by atoms with E-state index in [4.69, 9.17) is 0 Å². The van der Waals surface area contributed by atoms with Crippen LogP contribution in [-0.4, -0.2) is 6.54 Å². The Hall–Kier alpha value is -1.19. The summed E-state index contributed by atoms with van der Waals surface area (Å²) in [5.41, 5.74) is 1.91. The van der Waals surface area contributed by atoms with Gasteiger partial charge in [0.1, 0.15) is 5.82 Å². The standard InChI is InChI=1S/C17H22FNS/c1-3-10-19-17(9-7-15-5-4-11-20-15)14-6-8-16(18)13(2)12-14/h4-6,8,11-12,17,19H,3,7,9-10H2,1-2H3. The molecule has 0 bridgehead atoms. The van der Waals surface area contributed by atoms with Crippen molar-refractivity contribution in [2.45, 2.75) is 39.2 Å². The minimum absolute atomic E-state index is 0.124. The molecule has 1 unspecified atom stereocenters. The van der Waals surface area contributed by atoms with Gasteiger partial charge in [0, 0.05) is 10.9 Å². The van der Waals surface area contributed by atoms with Crippen LogP contribution in [0.2, 0.25) is 0 Å². The average molecular weight is 291 g/mol. The Morgan fingerprint density at radius 3 is 2.80 bits per heavy atom. The van der Waals surface area contributed by atoms with Crippen LogP contribution in [0.5, 0.6) is 0 Å². The molecule has 108 valence electrons. The van der Waals surface area contributed by atoms with Crippen LogP contribution >= 0.6 is 11.3 Å². The van der Waals surface area contributed by atoms with Gasteiger partial charge in [0.25, 0.3) is 0 Å². The second kappa shape index (κ2) is 7.55. The summed E-state index contributed by atoms with van der Waals surface area (Å²) in [5, 5.41) is 5.69. The first kappa shape index (κ1) is 15.2. The summed E-state index contributed by atoms with van der Waals surface area (Å²) in [7, 11) is 0. The van der Waals surface area contributed by atoms with E-state index in [1.165, 1.54) is 10.4 Å². The van der Waals surface area contributed by atoms with Crippen LogP contribution < -0.4 is 5.32 Å². The molecule has 1 nitrogen and oxygen atoms in total. The van der Waals surface area contributed by atoms with Crippen LogP contribution in [0, 0.1) is 12.7 Å². The smallest absolute Gasteiger partial charge is 0.126 e. The lowest BCUT2D eigenvalue weighted by Crippen LogP contribution is -2.22. The lowest BCUT2D eigenvalue weighted by Gasteiger charge is -2.19. The van der Waals surface area contributed by atoms with Crippen molar-refractivity contribution in [3.63, 3.8) is 0 Å². The van der Waals surface area contributed by atoms with E-state index in [1.54, 1.807) is 17.4 Å². The summed E-state index contributed by atoms with van der Waals surface area (Å²) in [4.78, 5) is 1.41. The Labute approximate surface area is 124 Å². The molecule has 0 spiro atoms. The van der Waals surface area contributed by atoms with Crippen molar-refractivity contribution in [3.05, 3.63) is 57.5 Å². The van der Waals surface area contributed by atoms with Crippen molar-refractivity contribution in [1.82, 2.24) is 5.32 Å². The minimum Gasteiger partial charge on any atom is -0.310 e. The van der Waals surface area contributed by atoms with Gasteiger partial charge in [-0.05, 0) is 61.4 Å². The number of nitrogens with one attached hydrogen (secondary N) is 1. The Morgan fingerprint density at radius 2 is 2.15 bits per heavy atom. The van der Waals surface area contributed by atoms with E-state index in [2.05, 4.69) is 29.8 Å². The van der Waals surface area contributed by atoms with Crippen molar-refractivity contribution >= 4 is 11.3 Å². The van der Waals surface area contributed by atoms with E-state index in [0.717, 1.165) is 31.4 Å². The third kappa shape index (κ3) is 4.15. The molecule has 2 aromatic rings. The van der Waals surface area contributed by atoms with Crippen molar-refractivity contribution < 1.29 is 4.39 Å². The van der Waals surface area contributed by atoms with Crippen molar-refractivity contribution in [1.29, 1.82) is 0 Å². The summed E-state index contributed by atoms with van der Waals surface area (Å²) in [6.45, 7) is 4.99. The number of aryl methyl sites for hydroxylation is 2. The highest BCUT2D eigenvalue weighted by atomic mass is 32.1. The van der Waals surface area contributed by atoms with E-state index < -0.39 is 0 Å². The molecule has 1 N–H and O–H groups in total. The minimum atomic E-state index is -0.124. The Balaban J connectivity index is 2.07. The highest BCUT2D eigenvalue weighted by Gasteiger charge is 2.12. The number of hydrogen-bond acceptors (Lipinski definition) is 2. The molecule has 0 aliphatic carbocycles. The van der Waals surface area contributed by atoms with Crippen LogP contribution in [0.4, 0.5) is 4.39 Å². The largest absolute Gasteiger partial charge is 0.310 e. The van der Waals surface area contributed by atoms with Gasteiger partial charge in [0.15, 0.2) is 0 Å². The van der Waals surface area contributed by atoms with E-state index >= 15 is 0 Å². The molecule has 1 atom stereocenters. The molecule has 1 aromatic heterocycles. The highest BCUT2D eigenvalue weighted by molar-refractivity contribution is 7.09.